The van der Waals surface area contributed by atoms with Crippen molar-refractivity contribution in [2.24, 2.45) is 0 Å². The highest BCUT2D eigenvalue weighted by molar-refractivity contribution is 7.80. The second kappa shape index (κ2) is 8.63. The van der Waals surface area contributed by atoms with Crippen molar-refractivity contribution in [1.82, 2.24) is 9.80 Å². The van der Waals surface area contributed by atoms with E-state index in [1.54, 1.807) is 20.7 Å². The molecular formula is C21H24N2OS3. The third-order valence-corrected chi connectivity index (χ3v) is 7.26. The lowest BCUT2D eigenvalue weighted by Crippen LogP contribution is -2.14. The Hall–Kier alpha value is -1.57. The number of hydrogen-bond acceptors (Lipinski definition) is 6. The van der Waals surface area contributed by atoms with E-state index in [1.807, 2.05) is 46.4 Å². The molecule has 27 heavy (non-hydrogen) atoms. The van der Waals surface area contributed by atoms with E-state index in [9.17, 15) is 5.11 Å². The lowest BCUT2D eigenvalue weighted by molar-refractivity contribution is 0.368. The van der Waals surface area contributed by atoms with Gasteiger partial charge in [0.15, 0.2) is 0 Å². The van der Waals surface area contributed by atoms with Crippen LogP contribution in [0.3, 0.4) is 0 Å². The van der Waals surface area contributed by atoms with Crippen molar-refractivity contribution < 1.29 is 5.11 Å². The van der Waals surface area contributed by atoms with Gasteiger partial charge in [-0.05, 0) is 51.5 Å². The van der Waals surface area contributed by atoms with Gasteiger partial charge in [-0.3, -0.25) is 0 Å². The normalized spacial score (nSPS) is 11.5. The maximum atomic E-state index is 10.8. The van der Waals surface area contributed by atoms with Gasteiger partial charge in [-0.1, -0.05) is 63.2 Å². The van der Waals surface area contributed by atoms with Crippen molar-refractivity contribution in [3.63, 3.8) is 0 Å². The molecule has 0 fully saturated rings. The van der Waals surface area contributed by atoms with Crippen molar-refractivity contribution in [2.45, 2.75) is 13.1 Å². The molecule has 3 nitrogen and oxygen atoms in total. The van der Waals surface area contributed by atoms with Gasteiger partial charge < -0.3 is 14.9 Å². The molecular weight excluding hydrogens is 392 g/mol. The first-order valence-electron chi connectivity index (χ1n) is 8.70. The van der Waals surface area contributed by atoms with E-state index in [1.165, 1.54) is 4.88 Å². The quantitative estimate of drug-likeness (QED) is 0.412. The summed E-state index contributed by atoms with van der Waals surface area (Å²) in [6, 6.07) is 14.5. The Morgan fingerprint density at radius 3 is 1.93 bits per heavy atom. The third kappa shape index (κ3) is 4.65. The monoisotopic (exact) mass is 416 g/mol. The first-order valence-corrected chi connectivity index (χ1v) is 11.3. The Bertz CT molecular complexity index is 944. The average Bonchev–Trinajstić information content (AvgIpc) is 3.00. The molecule has 0 aliphatic rings. The summed E-state index contributed by atoms with van der Waals surface area (Å²) >= 11 is 5.65. The zero-order chi connectivity index (χ0) is 19.6. The molecule has 0 saturated carbocycles. The van der Waals surface area contributed by atoms with E-state index in [0.717, 1.165) is 31.6 Å². The predicted molar refractivity (Wildman–Crippen MR) is 120 cm³/mol. The molecule has 0 unspecified atom stereocenters. The van der Waals surface area contributed by atoms with Crippen LogP contribution in [0.5, 0.6) is 5.75 Å². The van der Waals surface area contributed by atoms with Gasteiger partial charge in [0.05, 0.1) is 4.88 Å². The molecule has 1 heterocycles. The standard InChI is InChI=1S/C21H24N2OS3/c1-22(2)12-16-10-15(11-17(19(16)24)13-23(3)4)20-18(21(25)27-26-20)14-8-6-5-7-9-14/h5-11,24H,12-13H2,1-4H3. The summed E-state index contributed by atoms with van der Waals surface area (Å²) in [6.07, 6.45) is 0. The fourth-order valence-corrected chi connectivity index (χ4v) is 6.02. The number of rotatable bonds is 6. The summed E-state index contributed by atoms with van der Waals surface area (Å²) in [5, 5.41) is 10.8. The number of phenols is 1. The lowest BCUT2D eigenvalue weighted by atomic mass is 9.98. The average molecular weight is 417 g/mol. The van der Waals surface area contributed by atoms with Crippen LogP contribution in [0.15, 0.2) is 42.5 Å². The zero-order valence-electron chi connectivity index (χ0n) is 16.0. The van der Waals surface area contributed by atoms with E-state index >= 15 is 0 Å². The first kappa shape index (κ1) is 20.2. The fourth-order valence-electron chi connectivity index (χ4n) is 3.12. The van der Waals surface area contributed by atoms with E-state index in [4.69, 9.17) is 12.2 Å². The van der Waals surface area contributed by atoms with Gasteiger partial charge >= 0.3 is 0 Å². The molecule has 0 bridgehead atoms. The van der Waals surface area contributed by atoms with Gasteiger partial charge in [-0.25, -0.2) is 0 Å². The number of aromatic hydroxyl groups is 1. The molecule has 1 aromatic heterocycles. The summed E-state index contributed by atoms with van der Waals surface area (Å²) in [5.74, 6) is 0.390. The van der Waals surface area contributed by atoms with Crippen molar-refractivity contribution in [3.8, 4) is 27.3 Å². The minimum Gasteiger partial charge on any atom is -0.507 e. The van der Waals surface area contributed by atoms with Crippen molar-refractivity contribution >= 4 is 32.9 Å². The summed E-state index contributed by atoms with van der Waals surface area (Å²) in [4.78, 5) is 5.33. The minimum absolute atomic E-state index is 0.390. The maximum Gasteiger partial charge on any atom is 0.124 e. The molecule has 0 aliphatic carbocycles. The molecule has 0 radical (unpaired) electrons. The van der Waals surface area contributed by atoms with Crippen LogP contribution in [0.1, 0.15) is 11.1 Å². The molecule has 3 rings (SSSR count). The molecule has 0 amide bonds. The molecule has 6 heteroatoms. The van der Waals surface area contributed by atoms with E-state index in [2.05, 4.69) is 34.1 Å². The number of nitrogens with zero attached hydrogens (tertiary/aromatic N) is 2. The van der Waals surface area contributed by atoms with Gasteiger partial charge in [0.2, 0.25) is 0 Å². The Kier molecular flexibility index (Phi) is 6.44. The van der Waals surface area contributed by atoms with Gasteiger partial charge in [-0.2, -0.15) is 0 Å². The Labute approximate surface area is 173 Å². The van der Waals surface area contributed by atoms with Gasteiger partial charge in [0, 0.05) is 29.8 Å². The SMILES string of the molecule is CN(C)Cc1cc(-c2ssc(=S)c2-c2ccccc2)cc(CN(C)C)c1O. The van der Waals surface area contributed by atoms with E-state index in [0.29, 0.717) is 18.8 Å². The zero-order valence-corrected chi connectivity index (χ0v) is 18.5. The van der Waals surface area contributed by atoms with E-state index < -0.39 is 0 Å². The highest BCUT2D eigenvalue weighted by Gasteiger charge is 2.17. The van der Waals surface area contributed by atoms with Crippen molar-refractivity contribution in [3.05, 3.63) is 57.4 Å². The molecule has 0 spiro atoms. The Balaban J connectivity index is 2.19. The van der Waals surface area contributed by atoms with Crippen LogP contribution in [0.25, 0.3) is 21.6 Å². The second-order valence-electron chi connectivity index (χ2n) is 7.14. The second-order valence-corrected chi connectivity index (χ2v) is 9.96. The van der Waals surface area contributed by atoms with Crippen LogP contribution in [-0.4, -0.2) is 43.1 Å². The summed E-state index contributed by atoms with van der Waals surface area (Å²) < 4.78 is 0.914. The van der Waals surface area contributed by atoms with Crippen LogP contribution in [0.2, 0.25) is 0 Å². The lowest BCUT2D eigenvalue weighted by Gasteiger charge is -2.18. The molecule has 1 N–H and O–H groups in total. The minimum atomic E-state index is 0.390. The summed E-state index contributed by atoms with van der Waals surface area (Å²) in [5.41, 5.74) is 5.28. The topological polar surface area (TPSA) is 26.7 Å². The molecule has 0 saturated heterocycles. The van der Waals surface area contributed by atoms with Crippen LogP contribution in [0, 0.1) is 3.82 Å². The summed E-state index contributed by atoms with van der Waals surface area (Å²) in [7, 11) is 11.4. The van der Waals surface area contributed by atoms with Gasteiger partial charge in [0.1, 0.15) is 9.57 Å². The Morgan fingerprint density at radius 2 is 1.41 bits per heavy atom. The van der Waals surface area contributed by atoms with Crippen LogP contribution in [0.4, 0.5) is 0 Å². The highest BCUT2D eigenvalue weighted by Crippen LogP contribution is 2.43. The molecule has 142 valence electrons. The van der Waals surface area contributed by atoms with E-state index in [-0.39, 0.29) is 0 Å². The Morgan fingerprint density at radius 1 is 0.852 bits per heavy atom. The molecule has 0 aliphatic heterocycles. The van der Waals surface area contributed by atoms with Crippen LogP contribution >= 0.6 is 32.9 Å². The smallest absolute Gasteiger partial charge is 0.124 e. The van der Waals surface area contributed by atoms with Crippen molar-refractivity contribution in [2.75, 3.05) is 28.2 Å². The summed E-state index contributed by atoms with van der Waals surface area (Å²) in [6.45, 7) is 1.38. The largest absolute Gasteiger partial charge is 0.507 e. The maximum absolute atomic E-state index is 10.8. The molecule has 2 aromatic carbocycles. The molecule has 0 atom stereocenters. The number of phenolic OH excluding ortho intramolecular Hbond substituents is 1. The molecule has 3 aromatic rings. The number of benzene rings is 2. The van der Waals surface area contributed by atoms with Crippen LogP contribution in [-0.2, 0) is 13.1 Å². The van der Waals surface area contributed by atoms with Crippen LogP contribution < -0.4 is 0 Å². The van der Waals surface area contributed by atoms with Gasteiger partial charge in [0.25, 0.3) is 0 Å². The van der Waals surface area contributed by atoms with Gasteiger partial charge in [-0.15, -0.1) is 0 Å². The fraction of sp³-hybridized carbons (Fsp3) is 0.286. The van der Waals surface area contributed by atoms with Crippen molar-refractivity contribution in [1.29, 1.82) is 0 Å². The number of hydrogen-bond donors (Lipinski definition) is 1. The third-order valence-electron chi connectivity index (χ3n) is 4.20. The first-order chi connectivity index (χ1) is 12.9. The predicted octanol–water partition coefficient (Wildman–Crippen LogP) is 5.70. The highest BCUT2D eigenvalue weighted by atomic mass is 32.9.